The molecule has 0 aliphatic carbocycles. The second-order valence-corrected chi connectivity index (χ2v) is 4.70. The summed E-state index contributed by atoms with van der Waals surface area (Å²) in [7, 11) is 0. The van der Waals surface area contributed by atoms with E-state index >= 15 is 0 Å². The van der Waals surface area contributed by atoms with Crippen molar-refractivity contribution in [3.05, 3.63) is 65.3 Å². The van der Waals surface area contributed by atoms with Crippen LogP contribution in [-0.2, 0) is 0 Å². The van der Waals surface area contributed by atoms with Gasteiger partial charge in [-0.2, -0.15) is 0 Å². The van der Waals surface area contributed by atoms with Gasteiger partial charge in [-0.15, -0.1) is 0 Å². The smallest absolute Gasteiger partial charge is 0.136 e. The lowest BCUT2D eigenvalue weighted by Crippen LogP contribution is -1.89. The third kappa shape index (κ3) is 2.40. The summed E-state index contributed by atoms with van der Waals surface area (Å²) in [6.45, 7) is 1.90. The zero-order valence-electron chi connectivity index (χ0n) is 10.4. The monoisotopic (exact) mass is 269 g/mol. The van der Waals surface area contributed by atoms with Gasteiger partial charge in [-0.1, -0.05) is 35.9 Å². The molecule has 0 N–H and O–H groups in total. The first kappa shape index (κ1) is 12.0. The maximum absolute atomic E-state index is 6.14. The van der Waals surface area contributed by atoms with Crippen LogP contribution in [0.3, 0.4) is 0 Å². The number of hydrogen-bond acceptors (Lipinski definition) is 2. The molecule has 0 aliphatic heterocycles. The molecule has 1 heterocycles. The number of fused-ring (bicyclic) bond motifs is 1. The molecule has 0 atom stereocenters. The molecule has 0 spiro atoms. The topological polar surface area (TPSA) is 22.1 Å². The highest BCUT2D eigenvalue weighted by molar-refractivity contribution is 6.31. The molecule has 3 aromatic rings. The van der Waals surface area contributed by atoms with E-state index in [4.69, 9.17) is 16.3 Å². The van der Waals surface area contributed by atoms with Crippen molar-refractivity contribution < 1.29 is 4.74 Å². The van der Waals surface area contributed by atoms with Gasteiger partial charge < -0.3 is 4.74 Å². The number of ether oxygens (including phenoxy) is 1. The largest absolute Gasteiger partial charge is 0.457 e. The standard InChI is InChI=1S/C16H12ClNO/c1-11-14(17)10-13-15(18-11)8-5-9-16(13)19-12-6-3-2-4-7-12/h2-10H,1H3. The Kier molecular flexibility index (Phi) is 3.10. The quantitative estimate of drug-likeness (QED) is 0.654. The molecule has 0 fully saturated rings. The van der Waals surface area contributed by atoms with E-state index in [0.717, 1.165) is 28.1 Å². The van der Waals surface area contributed by atoms with Crippen LogP contribution < -0.4 is 4.74 Å². The van der Waals surface area contributed by atoms with Gasteiger partial charge in [0.05, 0.1) is 16.2 Å². The molecule has 2 nitrogen and oxygen atoms in total. The molecular formula is C16H12ClNO. The van der Waals surface area contributed by atoms with Crippen molar-refractivity contribution >= 4 is 22.5 Å². The molecule has 19 heavy (non-hydrogen) atoms. The minimum atomic E-state index is 0.650. The normalized spacial score (nSPS) is 10.6. The fourth-order valence-corrected chi connectivity index (χ4v) is 2.10. The Labute approximate surface area is 116 Å². The van der Waals surface area contributed by atoms with Gasteiger partial charge in [0.1, 0.15) is 11.5 Å². The van der Waals surface area contributed by atoms with E-state index in [1.807, 2.05) is 61.5 Å². The van der Waals surface area contributed by atoms with Crippen LogP contribution >= 0.6 is 11.6 Å². The van der Waals surface area contributed by atoms with Crippen molar-refractivity contribution in [2.45, 2.75) is 6.92 Å². The fourth-order valence-electron chi connectivity index (χ4n) is 1.94. The lowest BCUT2D eigenvalue weighted by Gasteiger charge is -2.09. The average molecular weight is 270 g/mol. The van der Waals surface area contributed by atoms with Crippen LogP contribution in [0.25, 0.3) is 10.9 Å². The maximum atomic E-state index is 6.14. The Bertz CT molecular complexity index is 725. The van der Waals surface area contributed by atoms with Crippen molar-refractivity contribution in [3.63, 3.8) is 0 Å². The first-order valence-electron chi connectivity index (χ1n) is 6.03. The van der Waals surface area contributed by atoms with E-state index in [2.05, 4.69) is 4.98 Å². The van der Waals surface area contributed by atoms with Crippen LogP contribution in [-0.4, -0.2) is 4.98 Å². The maximum Gasteiger partial charge on any atom is 0.136 e. The van der Waals surface area contributed by atoms with Crippen LogP contribution in [0, 0.1) is 6.92 Å². The van der Waals surface area contributed by atoms with Crippen LogP contribution in [0.15, 0.2) is 54.6 Å². The highest BCUT2D eigenvalue weighted by atomic mass is 35.5. The number of aryl methyl sites for hydroxylation is 1. The van der Waals surface area contributed by atoms with Gasteiger partial charge in [0, 0.05) is 5.39 Å². The fraction of sp³-hybridized carbons (Fsp3) is 0.0625. The zero-order valence-corrected chi connectivity index (χ0v) is 11.2. The minimum Gasteiger partial charge on any atom is -0.457 e. The Hall–Kier alpha value is -2.06. The van der Waals surface area contributed by atoms with Crippen molar-refractivity contribution in [1.29, 1.82) is 0 Å². The van der Waals surface area contributed by atoms with Crippen molar-refractivity contribution in [1.82, 2.24) is 4.98 Å². The molecule has 0 unspecified atom stereocenters. The van der Waals surface area contributed by atoms with Gasteiger partial charge in [-0.3, -0.25) is 4.98 Å². The number of nitrogens with zero attached hydrogens (tertiary/aromatic N) is 1. The van der Waals surface area contributed by atoms with E-state index < -0.39 is 0 Å². The Morgan fingerprint density at radius 1 is 1.00 bits per heavy atom. The highest BCUT2D eigenvalue weighted by Gasteiger charge is 2.07. The Balaban J connectivity index is 2.11. The van der Waals surface area contributed by atoms with Gasteiger partial charge in [0.25, 0.3) is 0 Å². The number of rotatable bonds is 2. The number of pyridine rings is 1. The molecule has 0 aliphatic rings. The van der Waals surface area contributed by atoms with Crippen molar-refractivity contribution in [2.75, 3.05) is 0 Å². The Morgan fingerprint density at radius 3 is 2.58 bits per heavy atom. The first-order chi connectivity index (χ1) is 9.24. The molecule has 2 aromatic carbocycles. The van der Waals surface area contributed by atoms with Crippen LogP contribution in [0.2, 0.25) is 5.02 Å². The summed E-state index contributed by atoms with van der Waals surface area (Å²) in [6, 6.07) is 17.4. The summed E-state index contributed by atoms with van der Waals surface area (Å²) in [6.07, 6.45) is 0. The molecule has 0 saturated carbocycles. The number of benzene rings is 2. The van der Waals surface area contributed by atoms with Crippen LogP contribution in [0.1, 0.15) is 5.69 Å². The van der Waals surface area contributed by atoms with Gasteiger partial charge in [0.2, 0.25) is 0 Å². The predicted octanol–water partition coefficient (Wildman–Crippen LogP) is 4.99. The summed E-state index contributed by atoms with van der Waals surface area (Å²) >= 11 is 6.14. The number of aromatic nitrogens is 1. The summed E-state index contributed by atoms with van der Waals surface area (Å²) in [5, 5.41) is 1.57. The van der Waals surface area contributed by atoms with Gasteiger partial charge in [0.15, 0.2) is 0 Å². The van der Waals surface area contributed by atoms with Crippen molar-refractivity contribution in [3.8, 4) is 11.5 Å². The Morgan fingerprint density at radius 2 is 1.79 bits per heavy atom. The van der Waals surface area contributed by atoms with E-state index in [1.165, 1.54) is 0 Å². The number of hydrogen-bond donors (Lipinski definition) is 0. The SMILES string of the molecule is Cc1nc2cccc(Oc3ccccc3)c2cc1Cl. The van der Waals surface area contributed by atoms with Gasteiger partial charge >= 0.3 is 0 Å². The summed E-state index contributed by atoms with van der Waals surface area (Å²) in [5.41, 5.74) is 1.71. The zero-order chi connectivity index (χ0) is 13.2. The molecule has 0 radical (unpaired) electrons. The molecule has 3 rings (SSSR count). The first-order valence-corrected chi connectivity index (χ1v) is 6.40. The van der Waals surface area contributed by atoms with E-state index in [1.54, 1.807) is 0 Å². The molecule has 0 amide bonds. The number of halogens is 1. The van der Waals surface area contributed by atoms with Crippen molar-refractivity contribution in [2.24, 2.45) is 0 Å². The predicted molar refractivity (Wildman–Crippen MR) is 78.0 cm³/mol. The third-order valence-corrected chi connectivity index (χ3v) is 3.30. The molecule has 1 aromatic heterocycles. The van der Waals surface area contributed by atoms with Crippen LogP contribution in [0.5, 0.6) is 11.5 Å². The lowest BCUT2D eigenvalue weighted by atomic mass is 10.2. The van der Waals surface area contributed by atoms with E-state index in [0.29, 0.717) is 5.02 Å². The van der Waals surface area contributed by atoms with Gasteiger partial charge in [-0.25, -0.2) is 0 Å². The lowest BCUT2D eigenvalue weighted by molar-refractivity contribution is 0.488. The molecular weight excluding hydrogens is 258 g/mol. The summed E-state index contributed by atoms with van der Waals surface area (Å²) in [5.74, 6) is 1.56. The van der Waals surface area contributed by atoms with E-state index in [-0.39, 0.29) is 0 Å². The average Bonchev–Trinajstić information content (AvgIpc) is 2.42. The second kappa shape index (κ2) is 4.90. The van der Waals surface area contributed by atoms with E-state index in [9.17, 15) is 0 Å². The number of para-hydroxylation sites is 1. The van der Waals surface area contributed by atoms with Gasteiger partial charge in [-0.05, 0) is 37.3 Å². The molecule has 0 saturated heterocycles. The summed E-state index contributed by atoms with van der Waals surface area (Å²) < 4.78 is 5.89. The second-order valence-electron chi connectivity index (χ2n) is 4.29. The molecule has 94 valence electrons. The minimum absolute atomic E-state index is 0.650. The molecule has 3 heteroatoms. The highest BCUT2D eigenvalue weighted by Crippen LogP contribution is 2.31. The van der Waals surface area contributed by atoms with Crippen LogP contribution in [0.4, 0.5) is 0 Å². The summed E-state index contributed by atoms with van der Waals surface area (Å²) in [4.78, 5) is 4.47. The third-order valence-electron chi connectivity index (χ3n) is 2.92. The molecule has 0 bridgehead atoms.